The summed E-state index contributed by atoms with van der Waals surface area (Å²) in [6, 6.07) is 1.28. The first kappa shape index (κ1) is 15.2. The zero-order valence-electron chi connectivity index (χ0n) is 11.8. The fourth-order valence-electron chi connectivity index (χ4n) is 1.74. The van der Waals surface area contributed by atoms with Crippen LogP contribution in [0.1, 0.15) is 38.3 Å². The molecule has 10 nitrogen and oxygen atoms in total. The summed E-state index contributed by atoms with van der Waals surface area (Å²) in [6.07, 6.45) is 1.08. The number of H-pyrrole nitrogens is 1. The van der Waals surface area contributed by atoms with Crippen molar-refractivity contribution in [2.45, 2.75) is 6.92 Å². The average Bonchev–Trinajstić information content (AvgIpc) is 3.05. The van der Waals surface area contributed by atoms with Crippen LogP contribution in [0.2, 0.25) is 0 Å². The lowest BCUT2D eigenvalue weighted by Gasteiger charge is -2.03. The van der Waals surface area contributed by atoms with Crippen molar-refractivity contribution in [2.75, 3.05) is 11.9 Å². The van der Waals surface area contributed by atoms with Gasteiger partial charge in [-0.1, -0.05) is 0 Å². The first-order chi connectivity index (χ1) is 10.4. The van der Waals surface area contributed by atoms with Gasteiger partial charge in [0.25, 0.3) is 5.91 Å². The Bertz CT molecular complexity index is 732. The smallest absolute Gasteiger partial charge is 0.356 e. The highest BCUT2D eigenvalue weighted by Gasteiger charge is 2.22. The van der Waals surface area contributed by atoms with Crippen LogP contribution in [0.15, 0.2) is 12.3 Å². The minimum atomic E-state index is -1.27. The molecule has 22 heavy (non-hydrogen) atoms. The topological polar surface area (TPSA) is 139 Å². The number of amides is 1. The summed E-state index contributed by atoms with van der Waals surface area (Å²) < 4.78 is 5.91. The molecular formula is C12H13N5O5. The zero-order chi connectivity index (χ0) is 16.3. The van der Waals surface area contributed by atoms with Crippen molar-refractivity contribution in [3.63, 3.8) is 0 Å². The predicted octanol–water partition coefficient (Wildman–Crippen LogP) is 0.270. The summed E-state index contributed by atoms with van der Waals surface area (Å²) in [5, 5.41) is 21.3. The number of aromatic amines is 1. The number of carboxylic acid groups (broad SMARTS) is 1. The number of hydrogen-bond donors (Lipinski definition) is 3. The van der Waals surface area contributed by atoms with E-state index in [1.165, 1.54) is 13.1 Å². The fraction of sp³-hybridized carbons (Fsp3) is 0.250. The van der Waals surface area contributed by atoms with E-state index in [4.69, 9.17) is 9.84 Å². The quantitative estimate of drug-likeness (QED) is 0.673. The number of nitrogens with one attached hydrogen (secondary N) is 2. The summed E-state index contributed by atoms with van der Waals surface area (Å²) in [6.45, 7) is 1.86. The molecule has 2 rings (SSSR count). The molecule has 2 aromatic rings. The van der Waals surface area contributed by atoms with Crippen molar-refractivity contribution < 1.29 is 24.2 Å². The van der Waals surface area contributed by atoms with Gasteiger partial charge in [-0.25, -0.2) is 9.59 Å². The Morgan fingerprint density at radius 2 is 2.18 bits per heavy atom. The molecule has 0 aliphatic heterocycles. The molecule has 0 aliphatic rings. The number of nitrogens with zero attached hydrogens (tertiary/aromatic N) is 3. The molecule has 0 bridgehead atoms. The van der Waals surface area contributed by atoms with Crippen LogP contribution in [-0.2, 0) is 11.8 Å². The monoisotopic (exact) mass is 307 g/mol. The molecule has 116 valence electrons. The number of aromatic carboxylic acids is 1. The van der Waals surface area contributed by atoms with Crippen molar-refractivity contribution in [1.82, 2.24) is 20.0 Å². The molecule has 1 amide bonds. The van der Waals surface area contributed by atoms with Crippen molar-refractivity contribution in [2.24, 2.45) is 7.05 Å². The number of carboxylic acids is 1. The minimum absolute atomic E-state index is 0.0607. The van der Waals surface area contributed by atoms with Crippen molar-refractivity contribution in [3.05, 3.63) is 29.2 Å². The molecule has 2 aromatic heterocycles. The van der Waals surface area contributed by atoms with Gasteiger partial charge in [0.15, 0.2) is 5.82 Å². The SMILES string of the molecule is CCOC(=O)c1cc(NC(=O)c2c(C(=O)O)cnn2C)n[nH]1. The van der Waals surface area contributed by atoms with Gasteiger partial charge >= 0.3 is 11.9 Å². The summed E-state index contributed by atoms with van der Waals surface area (Å²) in [5.41, 5.74) is -0.296. The highest BCUT2D eigenvalue weighted by molar-refractivity contribution is 6.09. The van der Waals surface area contributed by atoms with Gasteiger partial charge < -0.3 is 15.2 Å². The Morgan fingerprint density at radius 1 is 1.45 bits per heavy atom. The van der Waals surface area contributed by atoms with Crippen LogP contribution in [0.5, 0.6) is 0 Å². The number of ether oxygens (including phenoxy) is 1. The van der Waals surface area contributed by atoms with Gasteiger partial charge in [0.2, 0.25) is 0 Å². The molecule has 0 saturated carbocycles. The Kier molecular flexibility index (Phi) is 4.20. The molecule has 0 aromatic carbocycles. The Hall–Kier alpha value is -3.17. The van der Waals surface area contributed by atoms with Crippen molar-refractivity contribution in [3.8, 4) is 0 Å². The van der Waals surface area contributed by atoms with Crippen molar-refractivity contribution >= 4 is 23.7 Å². The van der Waals surface area contributed by atoms with Crippen LogP contribution in [0, 0.1) is 0 Å². The number of hydrogen-bond acceptors (Lipinski definition) is 6. The number of carbonyl (C=O) groups excluding carboxylic acids is 2. The number of rotatable bonds is 5. The van der Waals surface area contributed by atoms with Gasteiger partial charge in [-0.2, -0.15) is 10.2 Å². The van der Waals surface area contributed by atoms with Crippen molar-refractivity contribution in [1.29, 1.82) is 0 Å². The maximum atomic E-state index is 12.1. The minimum Gasteiger partial charge on any atom is -0.478 e. The normalized spacial score (nSPS) is 10.3. The molecule has 0 spiro atoms. The van der Waals surface area contributed by atoms with E-state index in [-0.39, 0.29) is 29.4 Å². The number of carbonyl (C=O) groups is 3. The molecule has 10 heteroatoms. The summed E-state index contributed by atoms with van der Waals surface area (Å²) in [5.74, 6) is -2.53. The lowest BCUT2D eigenvalue weighted by atomic mass is 10.2. The van der Waals surface area contributed by atoms with Crippen LogP contribution in [0.3, 0.4) is 0 Å². The Morgan fingerprint density at radius 3 is 2.82 bits per heavy atom. The highest BCUT2D eigenvalue weighted by atomic mass is 16.5. The second-order valence-corrected chi connectivity index (χ2v) is 4.18. The van der Waals surface area contributed by atoms with E-state index in [1.807, 2.05) is 0 Å². The Labute approximate surface area is 124 Å². The summed E-state index contributed by atoms with van der Waals surface area (Å²) in [4.78, 5) is 34.6. The molecule has 0 unspecified atom stereocenters. The maximum Gasteiger partial charge on any atom is 0.356 e. The fourth-order valence-corrected chi connectivity index (χ4v) is 1.74. The molecule has 3 N–H and O–H groups in total. The molecule has 0 radical (unpaired) electrons. The largest absolute Gasteiger partial charge is 0.478 e. The van der Waals surface area contributed by atoms with E-state index in [0.29, 0.717) is 0 Å². The van der Waals surface area contributed by atoms with Crippen LogP contribution in [-0.4, -0.2) is 49.5 Å². The third-order valence-corrected chi connectivity index (χ3v) is 2.70. The lowest BCUT2D eigenvalue weighted by Crippen LogP contribution is -2.19. The van der Waals surface area contributed by atoms with Crippen LogP contribution >= 0.6 is 0 Å². The first-order valence-electron chi connectivity index (χ1n) is 6.23. The molecule has 0 atom stereocenters. The van der Waals surface area contributed by atoms with Gasteiger partial charge in [-0.05, 0) is 6.92 Å². The standard InChI is InChI=1S/C12H13N5O5/c1-3-22-12(21)7-4-8(16-15-7)14-10(18)9-6(11(19)20)5-13-17(9)2/h4-5H,3H2,1-2H3,(H,19,20)(H2,14,15,16,18). The molecule has 2 heterocycles. The number of aromatic nitrogens is 4. The van der Waals surface area contributed by atoms with Crippen LogP contribution < -0.4 is 5.32 Å². The van der Waals surface area contributed by atoms with Gasteiger partial charge in [0, 0.05) is 13.1 Å². The van der Waals surface area contributed by atoms with Gasteiger partial charge in [0.1, 0.15) is 17.0 Å². The van der Waals surface area contributed by atoms with E-state index in [9.17, 15) is 14.4 Å². The molecular weight excluding hydrogens is 294 g/mol. The lowest BCUT2D eigenvalue weighted by molar-refractivity contribution is 0.0519. The van der Waals surface area contributed by atoms with E-state index < -0.39 is 17.8 Å². The molecule has 0 aliphatic carbocycles. The van der Waals surface area contributed by atoms with E-state index in [2.05, 4.69) is 20.6 Å². The zero-order valence-corrected chi connectivity index (χ0v) is 11.8. The Balaban J connectivity index is 2.18. The third kappa shape index (κ3) is 2.95. The summed E-state index contributed by atoms with van der Waals surface area (Å²) >= 11 is 0. The molecule has 0 fully saturated rings. The van der Waals surface area contributed by atoms with Crippen LogP contribution in [0.4, 0.5) is 5.82 Å². The van der Waals surface area contributed by atoms with Gasteiger partial charge in [0.05, 0.1) is 12.8 Å². The second-order valence-electron chi connectivity index (χ2n) is 4.18. The first-order valence-corrected chi connectivity index (χ1v) is 6.23. The maximum absolute atomic E-state index is 12.1. The number of anilines is 1. The van der Waals surface area contributed by atoms with E-state index in [0.717, 1.165) is 10.9 Å². The molecule has 0 saturated heterocycles. The highest BCUT2D eigenvalue weighted by Crippen LogP contribution is 2.12. The number of aryl methyl sites for hydroxylation is 1. The average molecular weight is 307 g/mol. The predicted molar refractivity (Wildman–Crippen MR) is 72.7 cm³/mol. The van der Waals surface area contributed by atoms with Crippen LogP contribution in [0.25, 0.3) is 0 Å². The number of esters is 1. The van der Waals surface area contributed by atoms with E-state index >= 15 is 0 Å². The van der Waals surface area contributed by atoms with E-state index in [1.54, 1.807) is 6.92 Å². The third-order valence-electron chi connectivity index (χ3n) is 2.70. The van der Waals surface area contributed by atoms with Gasteiger partial charge in [-0.15, -0.1) is 0 Å². The van der Waals surface area contributed by atoms with Gasteiger partial charge in [-0.3, -0.25) is 14.6 Å². The second kappa shape index (κ2) is 6.08. The summed E-state index contributed by atoms with van der Waals surface area (Å²) in [7, 11) is 1.44.